The van der Waals surface area contributed by atoms with Crippen molar-refractivity contribution in [3.8, 4) is 33.9 Å². The number of amides is 2. The fraction of sp³-hybridized carbons (Fsp3) is 0. The van der Waals surface area contributed by atoms with Crippen molar-refractivity contribution in [3.63, 3.8) is 0 Å². The summed E-state index contributed by atoms with van der Waals surface area (Å²) in [7, 11) is 0. The highest BCUT2D eigenvalue weighted by atomic mass is 16.2. The number of nitrogens with zero attached hydrogens (tertiary/aromatic N) is 4. The van der Waals surface area contributed by atoms with Crippen molar-refractivity contribution in [3.05, 3.63) is 145 Å². The number of rotatable bonds is 6. The van der Waals surface area contributed by atoms with Crippen LogP contribution in [0.2, 0.25) is 0 Å². The molecule has 0 unspecified atom stereocenters. The van der Waals surface area contributed by atoms with E-state index in [0.717, 1.165) is 22.5 Å². The molecule has 0 saturated heterocycles. The third-order valence-electron chi connectivity index (χ3n) is 6.41. The van der Waals surface area contributed by atoms with Crippen LogP contribution in [-0.4, -0.2) is 31.4 Å². The van der Waals surface area contributed by atoms with Gasteiger partial charge in [-0.15, -0.1) is 0 Å². The summed E-state index contributed by atoms with van der Waals surface area (Å²) in [6.45, 7) is 0. The Labute approximate surface area is 230 Å². The van der Waals surface area contributed by atoms with Gasteiger partial charge in [0.15, 0.2) is 0 Å². The van der Waals surface area contributed by atoms with Gasteiger partial charge in [-0.2, -0.15) is 10.2 Å². The highest BCUT2D eigenvalue weighted by Crippen LogP contribution is 2.28. The number of nitrogens with one attached hydrogen (secondary N) is 2. The molecule has 0 fully saturated rings. The lowest BCUT2D eigenvalue weighted by Gasteiger charge is -2.12. The van der Waals surface area contributed by atoms with E-state index in [2.05, 4.69) is 21.0 Å². The molecule has 194 valence electrons. The maximum atomic E-state index is 13.4. The molecular weight excluding hydrogens is 500 g/mol. The van der Waals surface area contributed by atoms with E-state index in [1.54, 1.807) is 9.36 Å². The molecule has 2 amide bonds. The van der Waals surface area contributed by atoms with Crippen molar-refractivity contribution in [1.82, 2.24) is 30.4 Å². The van der Waals surface area contributed by atoms with Crippen LogP contribution in [0.5, 0.6) is 0 Å². The number of hydrogen-bond donors (Lipinski definition) is 2. The van der Waals surface area contributed by atoms with Crippen molar-refractivity contribution in [2.24, 2.45) is 0 Å². The Morgan fingerprint density at radius 1 is 0.475 bits per heavy atom. The number of hydrogen-bond acceptors (Lipinski definition) is 4. The number of hydrazine groups is 1. The van der Waals surface area contributed by atoms with Crippen LogP contribution in [0.25, 0.3) is 33.9 Å². The fourth-order valence-corrected chi connectivity index (χ4v) is 4.55. The molecule has 6 aromatic rings. The summed E-state index contributed by atoms with van der Waals surface area (Å²) in [5.41, 5.74) is 10.3. The standard InChI is InChI=1S/C32H24N6O2/c39-31(27-21-33-37(25-17-9-3-10-18-25)29(27)23-13-5-1-6-14-23)35-36-32(40)28-22-34-38(26-19-11-4-12-20-26)30(28)24-15-7-2-8-16-24/h1-22H,(H,35,39)(H,36,40). The molecule has 0 aliphatic carbocycles. The first-order chi connectivity index (χ1) is 19.7. The predicted octanol–water partition coefficient (Wildman–Crippen LogP) is 5.47. The second-order valence-electron chi connectivity index (χ2n) is 8.95. The molecule has 0 aliphatic heterocycles. The van der Waals surface area contributed by atoms with E-state index in [1.165, 1.54) is 12.4 Å². The molecule has 0 saturated carbocycles. The number of para-hydroxylation sites is 2. The van der Waals surface area contributed by atoms with Gasteiger partial charge in [-0.05, 0) is 24.3 Å². The lowest BCUT2D eigenvalue weighted by Crippen LogP contribution is -2.41. The summed E-state index contributed by atoms with van der Waals surface area (Å²) in [6.07, 6.45) is 3.00. The van der Waals surface area contributed by atoms with Crippen LogP contribution >= 0.6 is 0 Å². The molecular formula is C32H24N6O2. The fourth-order valence-electron chi connectivity index (χ4n) is 4.55. The number of benzene rings is 4. The minimum Gasteiger partial charge on any atom is -0.267 e. The van der Waals surface area contributed by atoms with Gasteiger partial charge in [0.05, 0.1) is 46.3 Å². The van der Waals surface area contributed by atoms with Gasteiger partial charge in [-0.25, -0.2) is 9.36 Å². The third-order valence-corrected chi connectivity index (χ3v) is 6.41. The van der Waals surface area contributed by atoms with Gasteiger partial charge in [0.2, 0.25) is 0 Å². The Morgan fingerprint density at radius 2 is 0.800 bits per heavy atom. The molecule has 0 atom stereocenters. The van der Waals surface area contributed by atoms with Crippen LogP contribution in [0.3, 0.4) is 0 Å². The molecule has 0 bridgehead atoms. The first-order valence-electron chi connectivity index (χ1n) is 12.7. The number of carbonyl (C=O) groups is 2. The molecule has 2 aromatic heterocycles. The van der Waals surface area contributed by atoms with E-state index < -0.39 is 11.8 Å². The molecule has 8 nitrogen and oxygen atoms in total. The van der Waals surface area contributed by atoms with Gasteiger partial charge in [-0.3, -0.25) is 20.4 Å². The second-order valence-corrected chi connectivity index (χ2v) is 8.95. The van der Waals surface area contributed by atoms with E-state index in [0.29, 0.717) is 22.5 Å². The summed E-state index contributed by atoms with van der Waals surface area (Å²) in [5, 5.41) is 8.98. The Hall–Kier alpha value is -5.76. The smallest absolute Gasteiger partial charge is 0.267 e. The highest BCUT2D eigenvalue weighted by molar-refractivity contribution is 6.04. The van der Waals surface area contributed by atoms with Crippen LogP contribution in [0.4, 0.5) is 0 Å². The Bertz CT molecular complexity index is 1630. The van der Waals surface area contributed by atoms with E-state index in [9.17, 15) is 9.59 Å². The highest BCUT2D eigenvalue weighted by Gasteiger charge is 2.23. The van der Waals surface area contributed by atoms with Gasteiger partial charge in [-0.1, -0.05) is 97.1 Å². The zero-order valence-electron chi connectivity index (χ0n) is 21.3. The number of carbonyl (C=O) groups excluding carboxylic acids is 2. The van der Waals surface area contributed by atoms with E-state index >= 15 is 0 Å². The Balaban J connectivity index is 1.31. The molecule has 0 spiro atoms. The molecule has 40 heavy (non-hydrogen) atoms. The maximum Gasteiger partial charge on any atom is 0.273 e. The summed E-state index contributed by atoms with van der Waals surface area (Å²) in [6, 6.07) is 38.2. The van der Waals surface area contributed by atoms with Crippen LogP contribution in [0.1, 0.15) is 20.7 Å². The normalized spacial score (nSPS) is 10.7. The van der Waals surface area contributed by atoms with Gasteiger partial charge < -0.3 is 0 Å². The van der Waals surface area contributed by atoms with Crippen molar-refractivity contribution < 1.29 is 9.59 Å². The minimum atomic E-state index is -0.494. The zero-order valence-corrected chi connectivity index (χ0v) is 21.3. The lowest BCUT2D eigenvalue weighted by atomic mass is 10.1. The van der Waals surface area contributed by atoms with E-state index in [1.807, 2.05) is 121 Å². The first kappa shape index (κ1) is 24.6. The van der Waals surface area contributed by atoms with Gasteiger partial charge in [0, 0.05) is 11.1 Å². The third kappa shape index (κ3) is 4.77. The molecule has 8 heteroatoms. The van der Waals surface area contributed by atoms with E-state index in [-0.39, 0.29) is 0 Å². The van der Waals surface area contributed by atoms with Crippen LogP contribution in [0.15, 0.2) is 134 Å². The van der Waals surface area contributed by atoms with Crippen molar-refractivity contribution in [1.29, 1.82) is 0 Å². The Kier molecular flexibility index (Phi) is 6.71. The van der Waals surface area contributed by atoms with E-state index in [4.69, 9.17) is 0 Å². The van der Waals surface area contributed by atoms with Gasteiger partial charge in [0.25, 0.3) is 11.8 Å². The van der Waals surface area contributed by atoms with Gasteiger partial charge >= 0.3 is 0 Å². The lowest BCUT2D eigenvalue weighted by molar-refractivity contribution is 0.0847. The van der Waals surface area contributed by atoms with Crippen LogP contribution in [0, 0.1) is 0 Å². The van der Waals surface area contributed by atoms with Crippen molar-refractivity contribution >= 4 is 11.8 Å². The van der Waals surface area contributed by atoms with Crippen molar-refractivity contribution in [2.45, 2.75) is 0 Å². The minimum absolute atomic E-state index is 0.318. The molecule has 0 aliphatic rings. The molecule has 4 aromatic carbocycles. The Morgan fingerprint density at radius 3 is 1.15 bits per heavy atom. The number of aromatic nitrogens is 4. The molecule has 0 radical (unpaired) electrons. The summed E-state index contributed by atoms with van der Waals surface area (Å²) < 4.78 is 3.42. The zero-order chi connectivity index (χ0) is 27.3. The summed E-state index contributed by atoms with van der Waals surface area (Å²) in [4.78, 5) is 26.8. The molecule has 2 heterocycles. The second kappa shape index (κ2) is 10.9. The summed E-state index contributed by atoms with van der Waals surface area (Å²) in [5.74, 6) is -0.989. The van der Waals surface area contributed by atoms with Crippen LogP contribution < -0.4 is 10.9 Å². The molecule has 6 rings (SSSR count). The first-order valence-corrected chi connectivity index (χ1v) is 12.7. The van der Waals surface area contributed by atoms with Crippen LogP contribution in [-0.2, 0) is 0 Å². The SMILES string of the molecule is O=C(NNC(=O)c1cnn(-c2ccccc2)c1-c1ccccc1)c1cnn(-c2ccccc2)c1-c1ccccc1. The van der Waals surface area contributed by atoms with Gasteiger partial charge in [0.1, 0.15) is 0 Å². The maximum absolute atomic E-state index is 13.4. The monoisotopic (exact) mass is 524 g/mol. The molecule has 2 N–H and O–H groups in total. The summed E-state index contributed by atoms with van der Waals surface area (Å²) >= 11 is 0. The average Bonchev–Trinajstić information content (AvgIpc) is 3.67. The topological polar surface area (TPSA) is 93.8 Å². The predicted molar refractivity (Wildman–Crippen MR) is 153 cm³/mol. The van der Waals surface area contributed by atoms with Crippen molar-refractivity contribution in [2.75, 3.05) is 0 Å². The largest absolute Gasteiger partial charge is 0.273 e. The quantitative estimate of drug-likeness (QED) is 0.283. The average molecular weight is 525 g/mol.